The average molecular weight is 382 g/mol. The lowest BCUT2D eigenvalue weighted by molar-refractivity contribution is 0.353. The van der Waals surface area contributed by atoms with Crippen molar-refractivity contribution in [3.05, 3.63) is 22.9 Å². The number of nitrogen functional groups attached to an aromatic ring is 1. The number of rotatable bonds is 4. The monoisotopic (exact) mass is 381 g/mol. The molecule has 0 bridgehead atoms. The van der Waals surface area contributed by atoms with Crippen LogP contribution in [0.2, 0.25) is 0 Å². The SMILES string of the molecule is COc1cc(Br)c(Sc2nc3c(N)ncnc3[nH]2)cc1OC. The van der Waals surface area contributed by atoms with Gasteiger partial charge in [0, 0.05) is 9.37 Å². The van der Waals surface area contributed by atoms with Crippen molar-refractivity contribution in [1.29, 1.82) is 0 Å². The normalized spacial score (nSPS) is 10.9. The fraction of sp³-hybridized carbons (Fsp3) is 0.154. The highest BCUT2D eigenvalue weighted by atomic mass is 79.9. The van der Waals surface area contributed by atoms with E-state index in [2.05, 4.69) is 35.9 Å². The summed E-state index contributed by atoms with van der Waals surface area (Å²) in [6, 6.07) is 3.72. The third kappa shape index (κ3) is 2.69. The number of aromatic amines is 1. The molecule has 0 aliphatic rings. The number of halogens is 1. The molecule has 0 atom stereocenters. The van der Waals surface area contributed by atoms with Gasteiger partial charge in [0.15, 0.2) is 33.6 Å². The van der Waals surface area contributed by atoms with Crippen LogP contribution in [0, 0.1) is 0 Å². The van der Waals surface area contributed by atoms with Crippen LogP contribution in [0.5, 0.6) is 11.5 Å². The Morgan fingerprint density at radius 2 is 1.91 bits per heavy atom. The number of anilines is 1. The maximum Gasteiger partial charge on any atom is 0.172 e. The molecule has 0 saturated carbocycles. The number of fused-ring (bicyclic) bond motifs is 1. The van der Waals surface area contributed by atoms with E-state index in [-0.39, 0.29) is 0 Å². The Balaban J connectivity index is 1.99. The van der Waals surface area contributed by atoms with Crippen molar-refractivity contribution in [2.45, 2.75) is 10.1 Å². The molecule has 0 unspecified atom stereocenters. The Morgan fingerprint density at radius 1 is 1.18 bits per heavy atom. The van der Waals surface area contributed by atoms with Gasteiger partial charge in [-0.2, -0.15) is 0 Å². The number of H-pyrrole nitrogens is 1. The van der Waals surface area contributed by atoms with E-state index in [9.17, 15) is 0 Å². The highest BCUT2D eigenvalue weighted by Gasteiger charge is 2.14. The number of methoxy groups -OCH3 is 2. The van der Waals surface area contributed by atoms with Gasteiger partial charge in [-0.25, -0.2) is 15.0 Å². The molecule has 1 aromatic carbocycles. The Hall–Kier alpha value is -2.00. The minimum Gasteiger partial charge on any atom is -0.493 e. The second-order valence-electron chi connectivity index (χ2n) is 4.24. The number of aromatic nitrogens is 4. The predicted molar refractivity (Wildman–Crippen MR) is 87.5 cm³/mol. The van der Waals surface area contributed by atoms with Gasteiger partial charge in [0.05, 0.1) is 14.2 Å². The van der Waals surface area contributed by atoms with Crippen LogP contribution in [0.1, 0.15) is 0 Å². The number of nitrogens with zero attached hydrogens (tertiary/aromatic N) is 3. The van der Waals surface area contributed by atoms with Crippen LogP contribution < -0.4 is 15.2 Å². The fourth-order valence-corrected chi connectivity index (χ4v) is 3.27. The third-order valence-electron chi connectivity index (χ3n) is 2.93. The Bertz CT molecular complexity index is 839. The Morgan fingerprint density at radius 3 is 2.59 bits per heavy atom. The van der Waals surface area contributed by atoms with Crippen molar-refractivity contribution >= 4 is 44.7 Å². The minimum absolute atomic E-state index is 0.347. The van der Waals surface area contributed by atoms with E-state index in [4.69, 9.17) is 15.2 Å². The summed E-state index contributed by atoms with van der Waals surface area (Å²) in [5.74, 6) is 1.64. The van der Waals surface area contributed by atoms with Crippen LogP contribution in [0.15, 0.2) is 33.0 Å². The Kier molecular flexibility index (Phi) is 4.08. The van der Waals surface area contributed by atoms with Crippen molar-refractivity contribution in [3.63, 3.8) is 0 Å². The second-order valence-corrected chi connectivity index (χ2v) is 6.12. The maximum atomic E-state index is 5.79. The van der Waals surface area contributed by atoms with Gasteiger partial charge < -0.3 is 20.2 Å². The van der Waals surface area contributed by atoms with Gasteiger partial charge in [0.1, 0.15) is 6.33 Å². The summed E-state index contributed by atoms with van der Waals surface area (Å²) in [5, 5.41) is 0.662. The van der Waals surface area contributed by atoms with E-state index < -0.39 is 0 Å². The maximum absolute atomic E-state index is 5.79. The Labute approximate surface area is 138 Å². The summed E-state index contributed by atoms with van der Waals surface area (Å²) in [7, 11) is 3.19. The zero-order valence-electron chi connectivity index (χ0n) is 11.8. The summed E-state index contributed by atoms with van der Waals surface area (Å²) >= 11 is 4.94. The first-order chi connectivity index (χ1) is 10.6. The fourth-order valence-electron chi connectivity index (χ4n) is 1.89. The van der Waals surface area contributed by atoms with Gasteiger partial charge in [-0.1, -0.05) is 11.8 Å². The molecule has 0 saturated heterocycles. The molecule has 0 spiro atoms. The predicted octanol–water partition coefficient (Wildman–Crippen LogP) is 2.87. The van der Waals surface area contributed by atoms with Gasteiger partial charge in [0.2, 0.25) is 0 Å². The quantitative estimate of drug-likeness (QED) is 0.716. The summed E-state index contributed by atoms with van der Waals surface area (Å²) in [4.78, 5) is 16.5. The van der Waals surface area contributed by atoms with Gasteiger partial charge >= 0.3 is 0 Å². The van der Waals surface area contributed by atoms with Gasteiger partial charge in [0.25, 0.3) is 0 Å². The summed E-state index contributed by atoms with van der Waals surface area (Å²) < 4.78 is 11.4. The third-order valence-corrected chi connectivity index (χ3v) is 4.80. The molecule has 3 N–H and O–H groups in total. The van der Waals surface area contributed by atoms with Crippen LogP contribution in [0.25, 0.3) is 11.2 Å². The first kappa shape index (κ1) is 14.9. The molecule has 114 valence electrons. The van der Waals surface area contributed by atoms with Crippen LogP contribution in [-0.4, -0.2) is 34.2 Å². The van der Waals surface area contributed by atoms with E-state index >= 15 is 0 Å². The molecule has 9 heteroatoms. The number of nitrogens with two attached hydrogens (primary N) is 1. The molecular formula is C13H12BrN5O2S. The van der Waals surface area contributed by atoms with Crippen LogP contribution in [0.3, 0.4) is 0 Å². The van der Waals surface area contributed by atoms with Crippen molar-refractivity contribution in [2.75, 3.05) is 20.0 Å². The highest BCUT2D eigenvalue weighted by molar-refractivity contribution is 9.10. The number of imidazole rings is 1. The summed E-state index contributed by atoms with van der Waals surface area (Å²) in [6.45, 7) is 0. The summed E-state index contributed by atoms with van der Waals surface area (Å²) in [6.07, 6.45) is 1.40. The van der Waals surface area contributed by atoms with Crippen molar-refractivity contribution < 1.29 is 9.47 Å². The molecule has 0 fully saturated rings. The zero-order valence-corrected chi connectivity index (χ0v) is 14.2. The van der Waals surface area contributed by atoms with Gasteiger partial charge in [-0.3, -0.25) is 0 Å². The number of ether oxygens (including phenoxy) is 2. The topological polar surface area (TPSA) is 98.9 Å². The lowest BCUT2D eigenvalue weighted by Gasteiger charge is -2.10. The second kappa shape index (κ2) is 6.01. The molecule has 2 aromatic heterocycles. The zero-order chi connectivity index (χ0) is 15.7. The van der Waals surface area contributed by atoms with Crippen molar-refractivity contribution in [2.24, 2.45) is 0 Å². The van der Waals surface area contributed by atoms with E-state index in [0.29, 0.717) is 33.6 Å². The molecule has 3 rings (SSSR count). The van der Waals surface area contributed by atoms with Crippen LogP contribution in [-0.2, 0) is 0 Å². The number of hydrogen-bond donors (Lipinski definition) is 2. The molecular weight excluding hydrogens is 370 g/mol. The number of nitrogens with one attached hydrogen (secondary N) is 1. The first-order valence-electron chi connectivity index (χ1n) is 6.18. The highest BCUT2D eigenvalue weighted by Crippen LogP contribution is 2.40. The molecule has 0 aliphatic carbocycles. The lowest BCUT2D eigenvalue weighted by Crippen LogP contribution is -1.92. The molecule has 0 radical (unpaired) electrons. The molecule has 0 aliphatic heterocycles. The van der Waals surface area contributed by atoms with Gasteiger partial charge in [-0.05, 0) is 28.1 Å². The average Bonchev–Trinajstić information content (AvgIpc) is 2.93. The molecule has 3 aromatic rings. The number of hydrogen-bond acceptors (Lipinski definition) is 7. The molecule has 7 nitrogen and oxygen atoms in total. The van der Waals surface area contributed by atoms with Crippen LogP contribution in [0.4, 0.5) is 5.82 Å². The van der Waals surface area contributed by atoms with E-state index in [1.165, 1.54) is 18.1 Å². The first-order valence-corrected chi connectivity index (χ1v) is 7.79. The van der Waals surface area contributed by atoms with E-state index in [1.54, 1.807) is 14.2 Å². The smallest absolute Gasteiger partial charge is 0.172 e. The van der Waals surface area contributed by atoms with Crippen LogP contribution >= 0.6 is 27.7 Å². The molecule has 2 heterocycles. The molecule has 0 amide bonds. The standard InChI is InChI=1S/C13H12BrN5O2S/c1-20-7-3-6(14)9(4-8(7)21-2)22-13-18-10-11(15)16-5-17-12(10)19-13/h3-5H,1-2H3,(H3,15,16,17,18,19). The number of benzene rings is 1. The van der Waals surface area contributed by atoms with E-state index in [1.807, 2.05) is 12.1 Å². The lowest BCUT2D eigenvalue weighted by atomic mass is 10.3. The molecule has 22 heavy (non-hydrogen) atoms. The van der Waals surface area contributed by atoms with Gasteiger partial charge in [-0.15, -0.1) is 0 Å². The van der Waals surface area contributed by atoms with Crippen molar-refractivity contribution in [3.8, 4) is 11.5 Å². The largest absolute Gasteiger partial charge is 0.493 e. The van der Waals surface area contributed by atoms with Crippen molar-refractivity contribution in [1.82, 2.24) is 19.9 Å². The minimum atomic E-state index is 0.347. The summed E-state index contributed by atoms with van der Waals surface area (Å²) in [5.41, 5.74) is 6.95. The van der Waals surface area contributed by atoms with E-state index in [0.717, 1.165) is 9.37 Å².